The van der Waals surface area contributed by atoms with E-state index < -0.39 is 10.0 Å². The predicted molar refractivity (Wildman–Crippen MR) is 136 cm³/mol. The van der Waals surface area contributed by atoms with E-state index in [4.69, 9.17) is 5.14 Å². The van der Waals surface area contributed by atoms with Gasteiger partial charge in [0, 0.05) is 0 Å². The SMILES string of the molecule is NS(=O)(=O)c1c(CCC2CCCCC2)ccc(-c2ccc(C3CCNCC3)cc2)c1-c1nn[nH]n1. The normalized spacial score (nSPS) is 18.1. The fourth-order valence-electron chi connectivity index (χ4n) is 5.80. The molecule has 1 aliphatic carbocycles. The highest BCUT2D eigenvalue weighted by molar-refractivity contribution is 7.89. The number of primary sulfonamides is 1. The van der Waals surface area contributed by atoms with Crippen molar-refractivity contribution in [2.45, 2.75) is 68.6 Å². The summed E-state index contributed by atoms with van der Waals surface area (Å²) < 4.78 is 25.9. The second kappa shape index (κ2) is 10.6. The molecule has 9 heteroatoms. The third kappa shape index (κ3) is 5.47. The van der Waals surface area contributed by atoms with E-state index in [1.807, 2.05) is 12.1 Å². The van der Waals surface area contributed by atoms with E-state index in [0.29, 0.717) is 23.8 Å². The van der Waals surface area contributed by atoms with Gasteiger partial charge in [-0.15, -0.1) is 10.2 Å². The van der Waals surface area contributed by atoms with Gasteiger partial charge in [-0.1, -0.05) is 68.5 Å². The van der Waals surface area contributed by atoms with Crippen LogP contribution in [0.4, 0.5) is 0 Å². The van der Waals surface area contributed by atoms with E-state index in [0.717, 1.165) is 49.0 Å². The Morgan fingerprint density at radius 1 is 0.943 bits per heavy atom. The summed E-state index contributed by atoms with van der Waals surface area (Å²) in [6, 6.07) is 12.3. The minimum absolute atomic E-state index is 0.120. The van der Waals surface area contributed by atoms with E-state index in [9.17, 15) is 8.42 Å². The largest absolute Gasteiger partial charge is 0.317 e. The lowest BCUT2D eigenvalue weighted by molar-refractivity contribution is 0.338. The van der Waals surface area contributed by atoms with Crippen LogP contribution in [0.25, 0.3) is 22.5 Å². The summed E-state index contributed by atoms with van der Waals surface area (Å²) in [6.07, 6.45) is 10.1. The van der Waals surface area contributed by atoms with Crippen molar-refractivity contribution >= 4 is 10.0 Å². The van der Waals surface area contributed by atoms with Crippen molar-refractivity contribution in [3.63, 3.8) is 0 Å². The highest BCUT2D eigenvalue weighted by Crippen LogP contribution is 2.39. The lowest BCUT2D eigenvalue weighted by atomic mass is 9.84. The van der Waals surface area contributed by atoms with Crippen LogP contribution in [0.3, 0.4) is 0 Å². The average Bonchev–Trinajstić information content (AvgIpc) is 3.42. The molecule has 1 aromatic heterocycles. The van der Waals surface area contributed by atoms with Gasteiger partial charge < -0.3 is 5.32 Å². The van der Waals surface area contributed by atoms with Gasteiger partial charge in [-0.2, -0.15) is 5.21 Å². The number of aromatic nitrogens is 4. The Kier molecular flexibility index (Phi) is 7.27. The van der Waals surface area contributed by atoms with E-state index in [1.54, 1.807) is 0 Å². The number of hydrogen-bond acceptors (Lipinski definition) is 6. The zero-order valence-corrected chi connectivity index (χ0v) is 20.9. The molecule has 2 aliphatic rings. The highest BCUT2D eigenvalue weighted by atomic mass is 32.2. The van der Waals surface area contributed by atoms with Gasteiger partial charge in [0.1, 0.15) is 0 Å². The number of H-pyrrole nitrogens is 1. The third-order valence-electron chi connectivity index (χ3n) is 7.67. The number of nitrogens with one attached hydrogen (secondary N) is 2. The lowest BCUT2D eigenvalue weighted by Gasteiger charge is -2.23. The Morgan fingerprint density at radius 3 is 2.34 bits per heavy atom. The second-order valence-electron chi connectivity index (χ2n) is 9.95. The molecular weight excluding hydrogens is 460 g/mol. The maximum absolute atomic E-state index is 13.0. The molecule has 0 bridgehead atoms. The molecule has 35 heavy (non-hydrogen) atoms. The summed E-state index contributed by atoms with van der Waals surface area (Å²) in [5.41, 5.74) is 4.12. The smallest absolute Gasteiger partial charge is 0.239 e. The van der Waals surface area contributed by atoms with E-state index >= 15 is 0 Å². The summed E-state index contributed by atoms with van der Waals surface area (Å²) in [6.45, 7) is 2.07. The van der Waals surface area contributed by atoms with Crippen LogP contribution in [0.1, 0.15) is 68.4 Å². The van der Waals surface area contributed by atoms with E-state index in [-0.39, 0.29) is 10.7 Å². The monoisotopic (exact) mass is 494 g/mol. The average molecular weight is 495 g/mol. The fraction of sp³-hybridized carbons (Fsp3) is 0.500. The molecular formula is C26H34N6O2S. The number of piperidine rings is 1. The van der Waals surface area contributed by atoms with Crippen molar-refractivity contribution in [3.05, 3.63) is 47.5 Å². The highest BCUT2D eigenvalue weighted by Gasteiger charge is 2.27. The molecule has 2 heterocycles. The first-order valence-electron chi connectivity index (χ1n) is 12.7. The molecule has 0 atom stereocenters. The zero-order chi connectivity index (χ0) is 24.3. The van der Waals surface area contributed by atoms with E-state index in [1.165, 1.54) is 37.7 Å². The molecule has 0 amide bonds. The topological polar surface area (TPSA) is 127 Å². The Balaban J connectivity index is 1.54. The molecule has 8 nitrogen and oxygen atoms in total. The van der Waals surface area contributed by atoms with Gasteiger partial charge >= 0.3 is 0 Å². The second-order valence-corrected chi connectivity index (χ2v) is 11.4. The number of rotatable bonds is 7. The van der Waals surface area contributed by atoms with Crippen LogP contribution in [0, 0.1) is 5.92 Å². The first-order valence-corrected chi connectivity index (χ1v) is 14.3. The molecule has 1 saturated heterocycles. The van der Waals surface area contributed by atoms with Crippen LogP contribution < -0.4 is 10.5 Å². The summed E-state index contributed by atoms with van der Waals surface area (Å²) in [5, 5.41) is 23.7. The van der Waals surface area contributed by atoms with Gasteiger partial charge in [0.2, 0.25) is 15.8 Å². The first-order chi connectivity index (χ1) is 17.0. The standard InChI is InChI=1S/C26H34N6O2S/c27-35(33,34)25-22(7-6-18-4-2-1-3-5-18)12-13-23(24(25)26-29-31-32-30-26)21-10-8-19(9-11-21)20-14-16-28-17-15-20/h8-13,18,20,28H,1-7,14-17H2,(H2,27,33,34)(H,29,30,31,32). The van der Waals surface area contributed by atoms with Gasteiger partial charge in [0.05, 0.1) is 10.5 Å². The van der Waals surface area contributed by atoms with Crippen molar-refractivity contribution < 1.29 is 8.42 Å². The fourth-order valence-corrected chi connectivity index (χ4v) is 6.82. The lowest BCUT2D eigenvalue weighted by Crippen LogP contribution is -2.26. The van der Waals surface area contributed by atoms with Crippen molar-refractivity contribution in [2.75, 3.05) is 13.1 Å². The summed E-state index contributed by atoms with van der Waals surface area (Å²) >= 11 is 0. The number of benzene rings is 2. The Bertz CT molecular complexity index is 1230. The summed E-state index contributed by atoms with van der Waals surface area (Å²) in [7, 11) is -4.03. The molecule has 2 fully saturated rings. The minimum Gasteiger partial charge on any atom is -0.317 e. The van der Waals surface area contributed by atoms with Crippen LogP contribution in [0.15, 0.2) is 41.3 Å². The van der Waals surface area contributed by atoms with Crippen LogP contribution >= 0.6 is 0 Å². The van der Waals surface area contributed by atoms with E-state index in [2.05, 4.69) is 50.2 Å². The first kappa shape index (κ1) is 24.1. The molecule has 0 radical (unpaired) electrons. The number of tetrazole rings is 1. The minimum atomic E-state index is -4.03. The number of nitrogens with two attached hydrogens (primary N) is 1. The van der Waals surface area contributed by atoms with Gasteiger partial charge in [-0.3, -0.25) is 0 Å². The number of hydrogen-bond donors (Lipinski definition) is 3. The summed E-state index contributed by atoms with van der Waals surface area (Å²) in [4.78, 5) is 0.120. The number of sulfonamides is 1. The molecule has 2 aromatic carbocycles. The van der Waals surface area contributed by atoms with Gasteiger partial charge in [-0.05, 0) is 78.1 Å². The maximum Gasteiger partial charge on any atom is 0.239 e. The Morgan fingerprint density at radius 2 is 1.69 bits per heavy atom. The maximum atomic E-state index is 13.0. The van der Waals surface area contributed by atoms with Crippen LogP contribution in [0.2, 0.25) is 0 Å². The van der Waals surface area contributed by atoms with Crippen LogP contribution in [0.5, 0.6) is 0 Å². The molecule has 1 saturated carbocycles. The van der Waals surface area contributed by atoms with Crippen molar-refractivity contribution in [1.29, 1.82) is 0 Å². The van der Waals surface area contributed by atoms with Gasteiger partial charge in [-0.25, -0.2) is 13.6 Å². The van der Waals surface area contributed by atoms with Crippen molar-refractivity contribution in [1.82, 2.24) is 25.9 Å². The molecule has 0 unspecified atom stereocenters. The molecule has 5 rings (SSSR count). The van der Waals surface area contributed by atoms with Crippen LogP contribution in [-0.2, 0) is 16.4 Å². The number of nitrogens with zero attached hydrogens (tertiary/aromatic N) is 3. The molecule has 0 spiro atoms. The number of aryl methyl sites for hydroxylation is 1. The molecule has 4 N–H and O–H groups in total. The van der Waals surface area contributed by atoms with Crippen molar-refractivity contribution in [3.8, 4) is 22.5 Å². The van der Waals surface area contributed by atoms with Gasteiger partial charge in [0.25, 0.3) is 0 Å². The molecule has 1 aliphatic heterocycles. The third-order valence-corrected chi connectivity index (χ3v) is 8.71. The predicted octanol–water partition coefficient (Wildman–Crippen LogP) is 4.16. The Hall–Kier alpha value is -2.62. The van der Waals surface area contributed by atoms with Gasteiger partial charge in [0.15, 0.2) is 0 Å². The Labute approximate surface area is 207 Å². The van der Waals surface area contributed by atoms with Crippen LogP contribution in [-0.4, -0.2) is 42.1 Å². The zero-order valence-electron chi connectivity index (χ0n) is 20.0. The number of aromatic amines is 1. The van der Waals surface area contributed by atoms with Crippen molar-refractivity contribution in [2.24, 2.45) is 11.1 Å². The quantitative estimate of drug-likeness (QED) is 0.453. The summed E-state index contributed by atoms with van der Waals surface area (Å²) in [5.74, 6) is 1.42. The molecule has 186 valence electrons. The molecule has 3 aromatic rings.